The minimum atomic E-state index is -2.69. The molecule has 1 aromatic carbocycles. The molecule has 0 bridgehead atoms. The molecule has 194 valence electrons. The Morgan fingerprint density at radius 1 is 1.19 bits per heavy atom. The molecule has 1 fully saturated rings. The second kappa shape index (κ2) is 9.57. The van der Waals surface area contributed by atoms with E-state index >= 15 is 0 Å². The summed E-state index contributed by atoms with van der Waals surface area (Å²) in [6, 6.07) is 6.14. The van der Waals surface area contributed by atoms with Gasteiger partial charge in [0.15, 0.2) is 5.69 Å². The number of nitrogens with one attached hydrogen (secondary N) is 1. The van der Waals surface area contributed by atoms with E-state index in [-0.39, 0.29) is 42.5 Å². The molecule has 0 spiro atoms. The van der Waals surface area contributed by atoms with Crippen LogP contribution in [0.3, 0.4) is 0 Å². The zero-order valence-corrected chi connectivity index (χ0v) is 21.6. The topological polar surface area (TPSA) is 95.7 Å². The van der Waals surface area contributed by atoms with Crippen molar-refractivity contribution in [1.29, 1.82) is 0 Å². The number of rotatable bonds is 6. The van der Waals surface area contributed by atoms with Gasteiger partial charge in [-0.2, -0.15) is 0 Å². The number of aryl methyl sites for hydroxylation is 1. The van der Waals surface area contributed by atoms with Crippen molar-refractivity contribution in [3.63, 3.8) is 0 Å². The maximum Gasteiger partial charge on any atom is 0.356 e. The monoisotopic (exact) mass is 548 g/mol. The van der Waals surface area contributed by atoms with E-state index in [4.69, 9.17) is 33.2 Å². The number of aromatic carboxylic acids is 1. The van der Waals surface area contributed by atoms with Gasteiger partial charge in [0, 0.05) is 48.1 Å². The number of carboxylic acids is 1. The number of alkyl halides is 2. The number of aromatic nitrogens is 4. The van der Waals surface area contributed by atoms with E-state index in [1.807, 2.05) is 29.3 Å². The fourth-order valence-corrected chi connectivity index (χ4v) is 5.00. The van der Waals surface area contributed by atoms with Crippen LogP contribution in [0.4, 0.5) is 20.4 Å². The molecule has 4 aromatic rings. The van der Waals surface area contributed by atoms with Gasteiger partial charge in [0.1, 0.15) is 10.8 Å². The molecule has 0 amide bonds. The average molecular weight is 549 g/mol. The van der Waals surface area contributed by atoms with Gasteiger partial charge in [0.2, 0.25) is 5.95 Å². The van der Waals surface area contributed by atoms with Crippen molar-refractivity contribution < 1.29 is 18.7 Å². The van der Waals surface area contributed by atoms with Crippen molar-refractivity contribution in [2.75, 3.05) is 23.3 Å². The Morgan fingerprint density at radius 2 is 1.92 bits per heavy atom. The fourth-order valence-electron chi connectivity index (χ4n) is 4.62. The van der Waals surface area contributed by atoms with Gasteiger partial charge in [0.25, 0.3) is 5.92 Å². The summed E-state index contributed by atoms with van der Waals surface area (Å²) in [6.07, 6.45) is 2.06. The van der Waals surface area contributed by atoms with Crippen LogP contribution in [-0.2, 0) is 6.42 Å². The van der Waals surface area contributed by atoms with Crippen LogP contribution in [0.5, 0.6) is 0 Å². The minimum Gasteiger partial charge on any atom is -0.476 e. The lowest BCUT2D eigenvalue weighted by Gasteiger charge is -2.33. The third-order valence-corrected chi connectivity index (χ3v) is 7.00. The number of anilines is 2. The lowest BCUT2D eigenvalue weighted by atomic mass is 10.0. The van der Waals surface area contributed by atoms with Crippen LogP contribution >= 0.6 is 23.2 Å². The molecule has 1 atom stereocenters. The van der Waals surface area contributed by atoms with Gasteiger partial charge in [-0.15, -0.1) is 0 Å². The van der Waals surface area contributed by atoms with E-state index in [1.54, 1.807) is 18.2 Å². The van der Waals surface area contributed by atoms with Crippen molar-refractivity contribution in [1.82, 2.24) is 19.4 Å². The lowest BCUT2D eigenvalue weighted by molar-refractivity contribution is -0.0222. The minimum absolute atomic E-state index is 0.0654. The molecule has 0 radical (unpaired) electrons. The summed E-state index contributed by atoms with van der Waals surface area (Å²) in [5.41, 5.74) is 2.83. The highest BCUT2D eigenvalue weighted by Gasteiger charge is 2.35. The summed E-state index contributed by atoms with van der Waals surface area (Å²) in [4.78, 5) is 27.2. The third kappa shape index (κ3) is 4.87. The molecule has 37 heavy (non-hydrogen) atoms. The molecule has 1 aliphatic heterocycles. The van der Waals surface area contributed by atoms with Crippen LogP contribution < -0.4 is 10.2 Å². The number of piperidine rings is 1. The second-order valence-electron chi connectivity index (χ2n) is 9.13. The van der Waals surface area contributed by atoms with E-state index in [9.17, 15) is 18.7 Å². The summed E-state index contributed by atoms with van der Waals surface area (Å²) in [6.45, 7) is 4.16. The summed E-state index contributed by atoms with van der Waals surface area (Å²) in [5, 5.41) is 14.0. The van der Waals surface area contributed by atoms with Gasteiger partial charge in [0.05, 0.1) is 22.9 Å². The van der Waals surface area contributed by atoms with Gasteiger partial charge >= 0.3 is 5.97 Å². The standard InChI is InChI=1S/C25H24Cl2F2N6O2/c1-3-15-12-35-22(31-15)17-11-14(26)10-16(13(2)30-18-4-5-19(27)32-21(18)23(36)37)20(17)33-24(35)34-8-6-25(28,29)7-9-34/h4-5,10-13,30H,3,6-9H2,1-2H3,(H,36,37)/t13-/m1/s1. The van der Waals surface area contributed by atoms with Gasteiger partial charge < -0.3 is 15.3 Å². The summed E-state index contributed by atoms with van der Waals surface area (Å²) < 4.78 is 29.7. The van der Waals surface area contributed by atoms with Crippen LogP contribution in [0.25, 0.3) is 16.6 Å². The van der Waals surface area contributed by atoms with Crippen molar-refractivity contribution in [2.45, 2.75) is 45.1 Å². The first-order valence-corrected chi connectivity index (χ1v) is 12.6. The average Bonchev–Trinajstić information content (AvgIpc) is 3.29. The van der Waals surface area contributed by atoms with E-state index in [2.05, 4.69) is 10.3 Å². The predicted molar refractivity (Wildman–Crippen MR) is 140 cm³/mol. The molecule has 0 unspecified atom stereocenters. The fraction of sp³-hybridized carbons (Fsp3) is 0.360. The molecule has 5 rings (SSSR count). The van der Waals surface area contributed by atoms with Crippen molar-refractivity contribution >= 4 is 57.4 Å². The van der Waals surface area contributed by atoms with Gasteiger partial charge in [-0.25, -0.2) is 28.5 Å². The molecule has 1 aliphatic rings. The molecular weight excluding hydrogens is 525 g/mol. The lowest BCUT2D eigenvalue weighted by Crippen LogP contribution is -2.40. The molecule has 0 saturated carbocycles. The summed E-state index contributed by atoms with van der Waals surface area (Å²) in [7, 11) is 0. The number of nitrogens with zero attached hydrogens (tertiary/aromatic N) is 5. The van der Waals surface area contributed by atoms with E-state index in [0.717, 1.165) is 5.69 Å². The number of fused-ring (bicyclic) bond motifs is 3. The number of carbonyl (C=O) groups is 1. The normalized spacial score (nSPS) is 16.3. The molecule has 3 aromatic heterocycles. The Hall–Kier alpha value is -3.24. The number of imidazole rings is 1. The molecule has 2 N–H and O–H groups in total. The number of hydrogen-bond acceptors (Lipinski definition) is 6. The highest BCUT2D eigenvalue weighted by molar-refractivity contribution is 6.31. The Bertz CT molecular complexity index is 1520. The van der Waals surface area contributed by atoms with E-state index in [1.165, 1.54) is 6.07 Å². The number of halogens is 4. The van der Waals surface area contributed by atoms with Gasteiger partial charge in [-0.1, -0.05) is 30.1 Å². The quantitative estimate of drug-likeness (QED) is 0.275. The third-order valence-electron chi connectivity index (χ3n) is 6.57. The van der Waals surface area contributed by atoms with Crippen LogP contribution in [0.1, 0.15) is 54.5 Å². The van der Waals surface area contributed by atoms with E-state index in [0.29, 0.717) is 39.5 Å². The van der Waals surface area contributed by atoms with E-state index < -0.39 is 17.9 Å². The van der Waals surface area contributed by atoms with Crippen LogP contribution in [0.2, 0.25) is 10.2 Å². The molecule has 4 heterocycles. The van der Waals surface area contributed by atoms with Crippen LogP contribution in [0.15, 0.2) is 30.5 Å². The summed E-state index contributed by atoms with van der Waals surface area (Å²) in [5.74, 6) is -3.39. The first-order valence-electron chi connectivity index (χ1n) is 11.9. The second-order valence-corrected chi connectivity index (χ2v) is 9.95. The maximum absolute atomic E-state index is 13.9. The Morgan fingerprint density at radius 3 is 2.59 bits per heavy atom. The van der Waals surface area contributed by atoms with Gasteiger partial charge in [-0.3, -0.25) is 4.40 Å². The molecule has 1 saturated heterocycles. The Balaban J connectivity index is 1.66. The predicted octanol–water partition coefficient (Wildman–Crippen LogP) is 6.25. The van der Waals surface area contributed by atoms with Crippen LogP contribution in [-0.4, -0.2) is 49.4 Å². The highest BCUT2D eigenvalue weighted by atomic mass is 35.5. The summed E-state index contributed by atoms with van der Waals surface area (Å²) >= 11 is 12.4. The number of benzene rings is 1. The van der Waals surface area contributed by atoms with Gasteiger partial charge in [-0.05, 0) is 37.6 Å². The maximum atomic E-state index is 13.9. The Labute approximate surface area is 221 Å². The highest BCUT2D eigenvalue weighted by Crippen LogP contribution is 2.36. The smallest absolute Gasteiger partial charge is 0.356 e. The largest absolute Gasteiger partial charge is 0.476 e. The first-order chi connectivity index (χ1) is 17.6. The zero-order chi connectivity index (χ0) is 26.5. The van der Waals surface area contributed by atoms with Crippen molar-refractivity contribution in [2.24, 2.45) is 0 Å². The Kier molecular flexibility index (Phi) is 6.57. The SMILES string of the molecule is CCc1cn2c(N3CCC(F)(F)CC3)nc3c([C@@H](C)Nc4ccc(Cl)nc4C(=O)O)cc(Cl)cc3c2n1. The van der Waals surface area contributed by atoms with Crippen LogP contribution in [0, 0.1) is 0 Å². The number of pyridine rings is 1. The van der Waals surface area contributed by atoms with Crippen molar-refractivity contribution in [3.05, 3.63) is 57.6 Å². The molecule has 12 heteroatoms. The number of hydrogen-bond donors (Lipinski definition) is 2. The molecular formula is C25H24Cl2F2N6O2. The molecule has 8 nitrogen and oxygen atoms in total. The van der Waals surface area contributed by atoms with Crippen molar-refractivity contribution in [3.8, 4) is 0 Å². The zero-order valence-electron chi connectivity index (χ0n) is 20.1. The molecule has 0 aliphatic carbocycles. The number of carboxylic acid groups (broad SMARTS) is 1. The first kappa shape index (κ1) is 25.4.